The number of rotatable bonds is 0. The zero-order valence-corrected chi connectivity index (χ0v) is 11.2. The fourth-order valence-corrected chi connectivity index (χ4v) is 2.41. The second-order valence-electron chi connectivity index (χ2n) is 5.78. The largest absolute Gasteiger partial charge is 0.443 e. The lowest BCUT2D eigenvalue weighted by atomic mass is 9.98. The number of aromatic nitrogens is 1. The van der Waals surface area contributed by atoms with Gasteiger partial charge in [-0.25, -0.2) is 4.79 Å². The van der Waals surface area contributed by atoms with E-state index in [1.807, 2.05) is 27.7 Å². The molecule has 0 N–H and O–H groups in total. The topological polar surface area (TPSA) is 31.2 Å². The van der Waals surface area contributed by atoms with E-state index in [4.69, 9.17) is 4.74 Å². The fourth-order valence-electron chi connectivity index (χ4n) is 2.41. The number of fused-ring (bicyclic) bond motifs is 1. The Morgan fingerprint density at radius 3 is 2.59 bits per heavy atom. The van der Waals surface area contributed by atoms with Crippen molar-refractivity contribution in [3.05, 3.63) is 23.0 Å². The van der Waals surface area contributed by atoms with Crippen LogP contribution >= 0.6 is 0 Å². The van der Waals surface area contributed by atoms with Crippen molar-refractivity contribution in [2.45, 2.75) is 59.0 Å². The fraction of sp³-hybridized carbons (Fsp3) is 0.643. The Kier molecular flexibility index (Phi) is 3.02. The summed E-state index contributed by atoms with van der Waals surface area (Å²) in [5, 5.41) is 0. The highest BCUT2D eigenvalue weighted by Gasteiger charge is 2.24. The highest BCUT2D eigenvalue weighted by Crippen LogP contribution is 2.25. The van der Waals surface area contributed by atoms with Crippen LogP contribution in [0.25, 0.3) is 0 Å². The molecule has 1 aliphatic carbocycles. The Balaban J connectivity index is 2.32. The molecule has 0 saturated carbocycles. The molecule has 0 fully saturated rings. The molecule has 0 saturated heterocycles. The molecule has 0 atom stereocenters. The molecule has 0 aliphatic heterocycles. The summed E-state index contributed by atoms with van der Waals surface area (Å²) in [6.45, 7) is 7.67. The molecular weight excluding hydrogens is 214 g/mol. The number of hydrogen-bond donors (Lipinski definition) is 0. The van der Waals surface area contributed by atoms with Crippen LogP contribution < -0.4 is 0 Å². The number of nitrogens with zero attached hydrogens (tertiary/aromatic N) is 1. The molecule has 0 bridgehead atoms. The van der Waals surface area contributed by atoms with Crippen LogP contribution in [0.3, 0.4) is 0 Å². The first-order valence-corrected chi connectivity index (χ1v) is 6.32. The van der Waals surface area contributed by atoms with Crippen molar-refractivity contribution in [3.63, 3.8) is 0 Å². The third kappa shape index (κ3) is 2.54. The summed E-state index contributed by atoms with van der Waals surface area (Å²) in [7, 11) is 0. The van der Waals surface area contributed by atoms with Crippen LogP contribution in [0.4, 0.5) is 4.79 Å². The lowest BCUT2D eigenvalue weighted by Crippen LogP contribution is -2.29. The summed E-state index contributed by atoms with van der Waals surface area (Å²) in [5.74, 6) is 0. The molecule has 1 aromatic rings. The van der Waals surface area contributed by atoms with Gasteiger partial charge in [-0.1, -0.05) is 0 Å². The number of carbonyl (C=O) groups is 1. The second kappa shape index (κ2) is 4.21. The average Bonchev–Trinajstić information content (AvgIpc) is 2.50. The summed E-state index contributed by atoms with van der Waals surface area (Å²) in [6.07, 6.45) is 4.23. The van der Waals surface area contributed by atoms with Crippen LogP contribution in [0, 0.1) is 6.92 Å². The minimum absolute atomic E-state index is 0.238. The van der Waals surface area contributed by atoms with E-state index in [0.717, 1.165) is 24.2 Å². The maximum absolute atomic E-state index is 12.2. The van der Waals surface area contributed by atoms with Gasteiger partial charge in [0.2, 0.25) is 0 Å². The molecule has 3 nitrogen and oxygen atoms in total. The van der Waals surface area contributed by atoms with Crippen LogP contribution in [-0.2, 0) is 17.6 Å². The molecule has 1 aliphatic rings. The van der Waals surface area contributed by atoms with E-state index < -0.39 is 5.60 Å². The zero-order chi connectivity index (χ0) is 12.6. The van der Waals surface area contributed by atoms with Gasteiger partial charge in [0.1, 0.15) is 5.60 Å². The van der Waals surface area contributed by atoms with Gasteiger partial charge in [0.25, 0.3) is 0 Å². The molecule has 0 aromatic carbocycles. The molecule has 1 aromatic heterocycles. The molecular formula is C14H21NO2. The normalized spacial score (nSPS) is 15.5. The molecule has 3 heteroatoms. The number of aryl methyl sites for hydroxylation is 2. The van der Waals surface area contributed by atoms with Gasteiger partial charge in [-0.2, -0.15) is 0 Å². The highest BCUT2D eigenvalue weighted by atomic mass is 16.6. The van der Waals surface area contributed by atoms with Crippen molar-refractivity contribution in [3.8, 4) is 0 Å². The zero-order valence-electron chi connectivity index (χ0n) is 11.2. The van der Waals surface area contributed by atoms with Gasteiger partial charge in [-0.3, -0.25) is 4.57 Å². The van der Waals surface area contributed by atoms with Crippen molar-refractivity contribution < 1.29 is 9.53 Å². The minimum atomic E-state index is -0.435. The summed E-state index contributed by atoms with van der Waals surface area (Å²) < 4.78 is 7.20. The summed E-state index contributed by atoms with van der Waals surface area (Å²) in [5.41, 5.74) is 3.03. The molecule has 0 spiro atoms. The third-order valence-electron chi connectivity index (χ3n) is 3.06. The van der Waals surface area contributed by atoms with Gasteiger partial charge in [0.15, 0.2) is 0 Å². The Morgan fingerprint density at radius 1 is 1.29 bits per heavy atom. The van der Waals surface area contributed by atoms with E-state index in [0.29, 0.717) is 0 Å². The van der Waals surface area contributed by atoms with Crippen molar-refractivity contribution in [1.29, 1.82) is 0 Å². The predicted octanol–water partition coefficient (Wildman–Crippen LogP) is 3.46. The SMILES string of the molecule is Cc1cc2c(n1C(=O)OC(C)(C)C)CCCC2. The Hall–Kier alpha value is -1.25. The van der Waals surface area contributed by atoms with Gasteiger partial charge in [-0.05, 0) is 65.0 Å². The monoisotopic (exact) mass is 235 g/mol. The van der Waals surface area contributed by atoms with Gasteiger partial charge < -0.3 is 4.74 Å². The van der Waals surface area contributed by atoms with E-state index in [1.54, 1.807) is 4.57 Å². The lowest BCUT2D eigenvalue weighted by molar-refractivity contribution is 0.0529. The summed E-state index contributed by atoms with van der Waals surface area (Å²) in [6, 6.07) is 2.12. The van der Waals surface area contributed by atoms with Gasteiger partial charge >= 0.3 is 6.09 Å². The average molecular weight is 235 g/mol. The smallest absolute Gasteiger partial charge is 0.418 e. The lowest BCUT2D eigenvalue weighted by Gasteiger charge is -2.22. The van der Waals surface area contributed by atoms with Gasteiger partial charge in [0, 0.05) is 11.4 Å². The van der Waals surface area contributed by atoms with Crippen molar-refractivity contribution in [2.24, 2.45) is 0 Å². The number of ether oxygens (including phenoxy) is 1. The maximum atomic E-state index is 12.2. The van der Waals surface area contributed by atoms with Crippen LogP contribution in [0.1, 0.15) is 50.6 Å². The van der Waals surface area contributed by atoms with E-state index in [1.165, 1.54) is 18.4 Å². The molecule has 0 radical (unpaired) electrons. The molecule has 0 amide bonds. The summed E-state index contributed by atoms with van der Waals surface area (Å²) in [4.78, 5) is 12.2. The molecule has 0 unspecified atom stereocenters. The van der Waals surface area contributed by atoms with E-state index in [2.05, 4.69) is 6.07 Å². The van der Waals surface area contributed by atoms with Crippen molar-refractivity contribution in [2.75, 3.05) is 0 Å². The Labute approximate surface area is 103 Å². The maximum Gasteiger partial charge on any atom is 0.418 e. The Bertz CT molecular complexity index is 438. The first-order valence-electron chi connectivity index (χ1n) is 6.32. The van der Waals surface area contributed by atoms with E-state index in [-0.39, 0.29) is 6.09 Å². The minimum Gasteiger partial charge on any atom is -0.443 e. The molecule has 1 heterocycles. The van der Waals surface area contributed by atoms with Crippen LogP contribution in [0.15, 0.2) is 6.07 Å². The first-order chi connectivity index (χ1) is 7.88. The van der Waals surface area contributed by atoms with Crippen LogP contribution in [-0.4, -0.2) is 16.3 Å². The highest BCUT2D eigenvalue weighted by molar-refractivity contribution is 5.74. The Morgan fingerprint density at radius 2 is 1.94 bits per heavy atom. The van der Waals surface area contributed by atoms with Gasteiger partial charge in [0.05, 0.1) is 0 Å². The molecule has 94 valence electrons. The van der Waals surface area contributed by atoms with E-state index in [9.17, 15) is 4.79 Å². The number of carbonyl (C=O) groups excluding carboxylic acids is 1. The van der Waals surface area contributed by atoms with Crippen LogP contribution in [0.5, 0.6) is 0 Å². The molecule has 17 heavy (non-hydrogen) atoms. The van der Waals surface area contributed by atoms with Gasteiger partial charge in [-0.15, -0.1) is 0 Å². The molecule has 2 rings (SSSR count). The quantitative estimate of drug-likeness (QED) is 0.689. The second-order valence-corrected chi connectivity index (χ2v) is 5.78. The van der Waals surface area contributed by atoms with E-state index >= 15 is 0 Å². The standard InChI is InChI=1S/C14H21NO2/c1-10-9-11-7-5-6-8-12(11)15(10)13(16)17-14(2,3)4/h9H,5-8H2,1-4H3. The first kappa shape index (κ1) is 12.2. The third-order valence-corrected chi connectivity index (χ3v) is 3.06. The van der Waals surface area contributed by atoms with Crippen molar-refractivity contribution in [1.82, 2.24) is 4.57 Å². The number of hydrogen-bond acceptors (Lipinski definition) is 2. The predicted molar refractivity (Wildman–Crippen MR) is 67.4 cm³/mol. The van der Waals surface area contributed by atoms with Crippen LogP contribution in [0.2, 0.25) is 0 Å². The summed E-state index contributed by atoms with van der Waals surface area (Å²) >= 11 is 0. The van der Waals surface area contributed by atoms with Crippen molar-refractivity contribution >= 4 is 6.09 Å².